The summed E-state index contributed by atoms with van der Waals surface area (Å²) in [6, 6.07) is 2.70. The van der Waals surface area contributed by atoms with Crippen LogP contribution in [-0.2, 0) is 14.8 Å². The number of sulfonamides is 1. The summed E-state index contributed by atoms with van der Waals surface area (Å²) in [5, 5.41) is 4.40. The first-order valence-corrected chi connectivity index (χ1v) is 9.15. The number of nitrogens with two attached hydrogens (primary N) is 1. The zero-order chi connectivity index (χ0) is 16.0. The maximum Gasteiger partial charge on any atom is 0.252 e. The highest BCUT2D eigenvalue weighted by molar-refractivity contribution is 7.91. The number of hydrogen-bond donors (Lipinski definition) is 2. The van der Waals surface area contributed by atoms with E-state index in [0.717, 1.165) is 6.42 Å². The Bertz CT molecular complexity index is 549. The molecule has 22 heavy (non-hydrogen) atoms. The lowest BCUT2D eigenvalue weighted by Gasteiger charge is -2.20. The third-order valence-electron chi connectivity index (χ3n) is 3.45. The summed E-state index contributed by atoms with van der Waals surface area (Å²) in [6.07, 6.45) is 0.821. The van der Waals surface area contributed by atoms with Crippen LogP contribution < -0.4 is 11.1 Å². The van der Waals surface area contributed by atoms with Crippen molar-refractivity contribution in [3.63, 3.8) is 0 Å². The molecule has 3 N–H and O–H groups in total. The number of amides is 1. The van der Waals surface area contributed by atoms with Crippen LogP contribution in [-0.4, -0.2) is 44.8 Å². The normalized spacial score (nSPS) is 14.2. The number of likely N-dealkylation sites (N-methyl/N-ethyl adjacent to an activating group) is 1. The molecule has 0 aliphatic carbocycles. The lowest BCUT2D eigenvalue weighted by molar-refractivity contribution is -0.123. The van der Waals surface area contributed by atoms with Gasteiger partial charge in [-0.15, -0.1) is 23.7 Å². The van der Waals surface area contributed by atoms with Gasteiger partial charge in [-0.25, -0.2) is 8.42 Å². The van der Waals surface area contributed by atoms with E-state index >= 15 is 0 Å². The van der Waals surface area contributed by atoms with Gasteiger partial charge in [-0.3, -0.25) is 4.79 Å². The second-order valence-corrected chi connectivity index (χ2v) is 8.18. The second kappa shape index (κ2) is 9.46. The molecule has 0 saturated heterocycles. The molecule has 1 aromatic rings. The SMILES string of the molecule is CCC(C)C(N)C(=O)NCCN(C)S(=O)(=O)c1cccs1.Cl. The molecule has 0 spiro atoms. The molecule has 0 saturated carbocycles. The van der Waals surface area contributed by atoms with Crippen LogP contribution in [0.25, 0.3) is 0 Å². The number of nitrogens with one attached hydrogen (secondary N) is 1. The van der Waals surface area contributed by atoms with Gasteiger partial charge in [0, 0.05) is 20.1 Å². The van der Waals surface area contributed by atoms with Gasteiger partial charge in [-0.05, 0) is 17.4 Å². The first-order valence-electron chi connectivity index (χ1n) is 6.83. The van der Waals surface area contributed by atoms with Crippen molar-refractivity contribution in [2.24, 2.45) is 11.7 Å². The van der Waals surface area contributed by atoms with Gasteiger partial charge in [0.05, 0.1) is 6.04 Å². The Morgan fingerprint density at radius 2 is 2.14 bits per heavy atom. The smallest absolute Gasteiger partial charge is 0.252 e. The Morgan fingerprint density at radius 3 is 2.64 bits per heavy atom. The van der Waals surface area contributed by atoms with Gasteiger partial charge in [-0.2, -0.15) is 4.31 Å². The first kappa shape index (κ1) is 21.3. The fourth-order valence-electron chi connectivity index (χ4n) is 1.65. The monoisotopic (exact) mass is 369 g/mol. The van der Waals surface area contributed by atoms with Crippen LogP contribution in [0.1, 0.15) is 20.3 Å². The summed E-state index contributed by atoms with van der Waals surface area (Å²) in [5.74, 6) is -0.149. The highest BCUT2D eigenvalue weighted by Gasteiger charge is 2.22. The largest absolute Gasteiger partial charge is 0.353 e. The van der Waals surface area contributed by atoms with Crippen molar-refractivity contribution in [1.82, 2.24) is 9.62 Å². The summed E-state index contributed by atoms with van der Waals surface area (Å²) in [6.45, 7) is 4.33. The average Bonchev–Trinajstić information content (AvgIpc) is 3.00. The number of halogens is 1. The van der Waals surface area contributed by atoms with Crippen LogP contribution in [0, 0.1) is 5.92 Å². The van der Waals surface area contributed by atoms with E-state index in [0.29, 0.717) is 4.21 Å². The third-order valence-corrected chi connectivity index (χ3v) is 6.68. The van der Waals surface area contributed by atoms with Crippen LogP contribution in [0.2, 0.25) is 0 Å². The van der Waals surface area contributed by atoms with Crippen molar-refractivity contribution in [1.29, 1.82) is 0 Å². The van der Waals surface area contributed by atoms with E-state index in [9.17, 15) is 13.2 Å². The topological polar surface area (TPSA) is 92.5 Å². The van der Waals surface area contributed by atoms with Gasteiger partial charge in [0.25, 0.3) is 10.0 Å². The Balaban J connectivity index is 0.00000441. The highest BCUT2D eigenvalue weighted by Crippen LogP contribution is 2.19. The van der Waals surface area contributed by atoms with Crippen molar-refractivity contribution in [2.75, 3.05) is 20.1 Å². The maximum absolute atomic E-state index is 12.2. The maximum atomic E-state index is 12.2. The molecule has 128 valence electrons. The van der Waals surface area contributed by atoms with Crippen LogP contribution >= 0.6 is 23.7 Å². The van der Waals surface area contributed by atoms with Crippen LogP contribution in [0.3, 0.4) is 0 Å². The lowest BCUT2D eigenvalue weighted by Crippen LogP contribution is -2.46. The average molecular weight is 370 g/mol. The number of hydrogen-bond acceptors (Lipinski definition) is 5. The molecular weight excluding hydrogens is 346 g/mol. The predicted molar refractivity (Wildman–Crippen MR) is 91.8 cm³/mol. The summed E-state index contributed by atoms with van der Waals surface area (Å²) in [5.41, 5.74) is 5.81. The van der Waals surface area contributed by atoms with Crippen LogP contribution in [0.15, 0.2) is 21.7 Å². The van der Waals surface area contributed by atoms with E-state index in [-0.39, 0.29) is 37.3 Å². The van der Waals surface area contributed by atoms with Crippen LogP contribution in [0.4, 0.5) is 0 Å². The molecule has 6 nitrogen and oxygen atoms in total. The molecule has 0 aliphatic heterocycles. The van der Waals surface area contributed by atoms with E-state index < -0.39 is 16.1 Å². The van der Waals surface area contributed by atoms with Gasteiger partial charge in [0.2, 0.25) is 5.91 Å². The fourth-order valence-corrected chi connectivity index (χ4v) is 4.02. The summed E-state index contributed by atoms with van der Waals surface area (Å²) in [4.78, 5) is 11.8. The van der Waals surface area contributed by atoms with E-state index in [2.05, 4.69) is 5.32 Å². The van der Waals surface area contributed by atoms with Gasteiger partial charge >= 0.3 is 0 Å². The Labute approximate surface area is 142 Å². The summed E-state index contributed by atoms with van der Waals surface area (Å²) in [7, 11) is -1.97. The highest BCUT2D eigenvalue weighted by atomic mass is 35.5. The molecule has 0 aromatic carbocycles. The van der Waals surface area contributed by atoms with Gasteiger partial charge < -0.3 is 11.1 Å². The number of thiophene rings is 1. The number of carbonyl (C=O) groups is 1. The molecule has 0 bridgehead atoms. The van der Waals surface area contributed by atoms with Gasteiger partial charge in [0.15, 0.2) is 0 Å². The van der Waals surface area contributed by atoms with E-state index in [1.54, 1.807) is 17.5 Å². The van der Waals surface area contributed by atoms with E-state index in [4.69, 9.17) is 5.73 Å². The predicted octanol–water partition coefficient (Wildman–Crippen LogP) is 1.28. The standard InChI is InChI=1S/C13H23N3O3S2.ClH/c1-4-10(2)12(14)13(17)15-7-8-16(3)21(18,19)11-6-5-9-20-11;/h5-6,9-10,12H,4,7-8,14H2,1-3H3,(H,15,17);1H. The minimum Gasteiger partial charge on any atom is -0.353 e. The van der Waals surface area contributed by atoms with E-state index in [1.807, 2.05) is 13.8 Å². The van der Waals surface area contributed by atoms with Gasteiger partial charge in [-0.1, -0.05) is 26.3 Å². The number of rotatable bonds is 8. The molecule has 0 radical (unpaired) electrons. The Kier molecular flexibility index (Phi) is 9.18. The zero-order valence-corrected chi connectivity index (χ0v) is 15.4. The Morgan fingerprint density at radius 1 is 1.50 bits per heavy atom. The van der Waals surface area contributed by atoms with Crippen molar-refractivity contribution >= 4 is 39.7 Å². The van der Waals surface area contributed by atoms with Gasteiger partial charge in [0.1, 0.15) is 4.21 Å². The van der Waals surface area contributed by atoms with Crippen molar-refractivity contribution in [3.8, 4) is 0 Å². The molecule has 1 amide bonds. The molecule has 0 fully saturated rings. The van der Waals surface area contributed by atoms with Crippen molar-refractivity contribution < 1.29 is 13.2 Å². The minimum absolute atomic E-state index is 0. The quantitative estimate of drug-likeness (QED) is 0.721. The molecule has 9 heteroatoms. The third kappa shape index (κ3) is 5.51. The molecule has 2 unspecified atom stereocenters. The minimum atomic E-state index is -3.47. The molecular formula is C13H24ClN3O3S2. The zero-order valence-electron chi connectivity index (χ0n) is 13.0. The lowest BCUT2D eigenvalue weighted by atomic mass is 9.99. The van der Waals surface area contributed by atoms with Crippen LogP contribution in [0.5, 0.6) is 0 Å². The molecule has 1 heterocycles. The summed E-state index contributed by atoms with van der Waals surface area (Å²) < 4.78 is 25.8. The Hall–Kier alpha value is -0.670. The fraction of sp³-hybridized carbons (Fsp3) is 0.615. The molecule has 2 atom stereocenters. The molecule has 0 aliphatic rings. The van der Waals surface area contributed by atoms with Crippen molar-refractivity contribution in [2.45, 2.75) is 30.5 Å². The first-order chi connectivity index (χ1) is 9.80. The summed E-state index contributed by atoms with van der Waals surface area (Å²) >= 11 is 1.17. The van der Waals surface area contributed by atoms with Crippen molar-refractivity contribution in [3.05, 3.63) is 17.5 Å². The number of carbonyl (C=O) groups excluding carboxylic acids is 1. The molecule has 1 rings (SSSR count). The molecule has 1 aromatic heterocycles. The second-order valence-electron chi connectivity index (χ2n) is 4.96. The van der Waals surface area contributed by atoms with E-state index in [1.165, 1.54) is 22.7 Å². The number of nitrogens with zero attached hydrogens (tertiary/aromatic N) is 1.